The van der Waals surface area contributed by atoms with Crippen molar-refractivity contribution >= 4 is 21.6 Å². The first-order chi connectivity index (χ1) is 10.1. The van der Waals surface area contributed by atoms with Crippen LogP contribution in [0.25, 0.3) is 0 Å². The van der Waals surface area contributed by atoms with Crippen LogP contribution in [-0.2, 0) is 4.74 Å². The average Bonchev–Trinajstić information content (AvgIpc) is 2.46. The summed E-state index contributed by atoms with van der Waals surface area (Å²) in [6.45, 7) is 2.82. The molecule has 0 heterocycles. The van der Waals surface area contributed by atoms with Crippen LogP contribution in [0.15, 0.2) is 22.7 Å². The molecule has 5 heteroatoms. The molecular weight excluding hydrogens is 337 g/mol. The van der Waals surface area contributed by atoms with E-state index >= 15 is 0 Å². The summed E-state index contributed by atoms with van der Waals surface area (Å²) in [5, 5.41) is 12.9. The SMILES string of the molecule is CC1CCC(OCC(O)CNc2c(F)cccc2Br)CC1. The minimum absolute atomic E-state index is 0.260. The van der Waals surface area contributed by atoms with Crippen molar-refractivity contribution in [2.24, 2.45) is 5.92 Å². The zero-order chi connectivity index (χ0) is 15.2. The molecule has 0 saturated heterocycles. The van der Waals surface area contributed by atoms with Gasteiger partial charge in [-0.05, 0) is 59.7 Å². The molecule has 1 atom stereocenters. The number of aliphatic hydroxyl groups is 1. The zero-order valence-electron chi connectivity index (χ0n) is 12.3. The molecule has 0 amide bonds. The molecule has 0 spiro atoms. The lowest BCUT2D eigenvalue weighted by molar-refractivity contribution is -0.0245. The lowest BCUT2D eigenvalue weighted by Gasteiger charge is -2.27. The van der Waals surface area contributed by atoms with E-state index in [-0.39, 0.29) is 25.1 Å². The Hall–Kier alpha value is -0.650. The Bertz CT molecular complexity index is 430. The molecule has 0 radical (unpaired) electrons. The Morgan fingerprint density at radius 3 is 2.76 bits per heavy atom. The second-order valence-electron chi connectivity index (χ2n) is 5.85. The summed E-state index contributed by atoms with van der Waals surface area (Å²) in [5.74, 6) is 0.452. The van der Waals surface area contributed by atoms with Crippen LogP contribution in [0.3, 0.4) is 0 Å². The van der Waals surface area contributed by atoms with Gasteiger partial charge in [0, 0.05) is 11.0 Å². The number of nitrogens with one attached hydrogen (secondary N) is 1. The van der Waals surface area contributed by atoms with Gasteiger partial charge in [-0.2, -0.15) is 0 Å². The van der Waals surface area contributed by atoms with Crippen LogP contribution in [0.1, 0.15) is 32.6 Å². The van der Waals surface area contributed by atoms with E-state index in [4.69, 9.17) is 4.74 Å². The summed E-state index contributed by atoms with van der Waals surface area (Å²) in [6.07, 6.45) is 4.15. The van der Waals surface area contributed by atoms with Crippen molar-refractivity contribution in [3.05, 3.63) is 28.5 Å². The maximum atomic E-state index is 13.6. The van der Waals surface area contributed by atoms with Gasteiger partial charge in [-0.3, -0.25) is 0 Å². The number of para-hydroxylation sites is 1. The summed E-state index contributed by atoms with van der Waals surface area (Å²) >= 11 is 3.29. The highest BCUT2D eigenvalue weighted by molar-refractivity contribution is 9.10. The quantitative estimate of drug-likeness (QED) is 0.807. The maximum absolute atomic E-state index is 13.6. The van der Waals surface area contributed by atoms with E-state index in [1.54, 1.807) is 12.1 Å². The molecule has 0 aliphatic heterocycles. The zero-order valence-corrected chi connectivity index (χ0v) is 13.9. The number of anilines is 1. The first kappa shape index (κ1) is 16.7. The molecule has 21 heavy (non-hydrogen) atoms. The van der Waals surface area contributed by atoms with Gasteiger partial charge in [-0.25, -0.2) is 4.39 Å². The summed E-state index contributed by atoms with van der Waals surface area (Å²) in [6, 6.07) is 4.78. The first-order valence-electron chi connectivity index (χ1n) is 7.53. The Morgan fingerprint density at radius 2 is 2.10 bits per heavy atom. The molecule has 1 fully saturated rings. The van der Waals surface area contributed by atoms with E-state index in [0.717, 1.165) is 18.8 Å². The van der Waals surface area contributed by atoms with Crippen LogP contribution in [-0.4, -0.2) is 30.5 Å². The molecule has 118 valence electrons. The summed E-state index contributed by atoms with van der Waals surface area (Å²) < 4.78 is 20.0. The molecule has 3 nitrogen and oxygen atoms in total. The fourth-order valence-corrected chi connectivity index (χ4v) is 3.07. The first-order valence-corrected chi connectivity index (χ1v) is 8.33. The van der Waals surface area contributed by atoms with Gasteiger partial charge < -0.3 is 15.2 Å². The lowest BCUT2D eigenvalue weighted by atomic mass is 9.89. The van der Waals surface area contributed by atoms with Crippen LogP contribution in [0.4, 0.5) is 10.1 Å². The standard InChI is InChI=1S/C16H23BrFNO2/c1-11-5-7-13(8-6-11)21-10-12(20)9-19-16-14(17)3-2-4-15(16)18/h2-4,11-13,19-20H,5-10H2,1H3. The van der Waals surface area contributed by atoms with Gasteiger partial charge in [0.1, 0.15) is 5.82 Å². The number of ether oxygens (including phenoxy) is 1. The van der Waals surface area contributed by atoms with E-state index in [0.29, 0.717) is 10.2 Å². The van der Waals surface area contributed by atoms with Gasteiger partial charge in [0.25, 0.3) is 0 Å². The second-order valence-corrected chi connectivity index (χ2v) is 6.70. The third-order valence-corrected chi connectivity index (χ3v) is 4.63. The molecule has 1 aromatic rings. The molecule has 1 aliphatic carbocycles. The van der Waals surface area contributed by atoms with Crippen molar-refractivity contribution in [1.29, 1.82) is 0 Å². The van der Waals surface area contributed by atoms with Crippen molar-refractivity contribution in [3.63, 3.8) is 0 Å². The van der Waals surface area contributed by atoms with Crippen LogP contribution < -0.4 is 5.32 Å². The van der Waals surface area contributed by atoms with Crippen LogP contribution in [0.5, 0.6) is 0 Å². The highest BCUT2D eigenvalue weighted by atomic mass is 79.9. The minimum atomic E-state index is -0.643. The van der Waals surface area contributed by atoms with Gasteiger partial charge in [0.15, 0.2) is 0 Å². The molecular formula is C16H23BrFNO2. The van der Waals surface area contributed by atoms with Gasteiger partial charge >= 0.3 is 0 Å². The Balaban J connectivity index is 1.71. The predicted octanol–water partition coefficient (Wildman–Crippen LogP) is 3.96. The van der Waals surface area contributed by atoms with Crippen molar-refractivity contribution < 1.29 is 14.2 Å². The van der Waals surface area contributed by atoms with E-state index < -0.39 is 6.10 Å². The Morgan fingerprint density at radius 1 is 1.38 bits per heavy atom. The molecule has 1 saturated carbocycles. The van der Waals surface area contributed by atoms with Crippen molar-refractivity contribution in [1.82, 2.24) is 0 Å². The molecule has 2 rings (SSSR count). The summed E-state index contributed by atoms with van der Waals surface area (Å²) in [5.41, 5.74) is 0.378. The smallest absolute Gasteiger partial charge is 0.147 e. The minimum Gasteiger partial charge on any atom is -0.389 e. The van der Waals surface area contributed by atoms with Crippen molar-refractivity contribution in [3.8, 4) is 0 Å². The lowest BCUT2D eigenvalue weighted by Crippen LogP contribution is -2.29. The average molecular weight is 360 g/mol. The van der Waals surface area contributed by atoms with E-state index in [1.807, 2.05) is 0 Å². The van der Waals surface area contributed by atoms with Crippen molar-refractivity contribution in [2.75, 3.05) is 18.5 Å². The molecule has 0 aromatic heterocycles. The molecule has 2 N–H and O–H groups in total. The molecule has 1 unspecified atom stereocenters. The number of hydrogen-bond donors (Lipinski definition) is 2. The number of aliphatic hydroxyl groups excluding tert-OH is 1. The summed E-state index contributed by atoms with van der Waals surface area (Å²) in [7, 11) is 0. The third-order valence-electron chi connectivity index (χ3n) is 3.96. The van der Waals surface area contributed by atoms with E-state index in [2.05, 4.69) is 28.2 Å². The monoisotopic (exact) mass is 359 g/mol. The van der Waals surface area contributed by atoms with Gasteiger partial charge in [0.05, 0.1) is 24.5 Å². The number of halogens is 2. The largest absolute Gasteiger partial charge is 0.389 e. The highest BCUT2D eigenvalue weighted by Crippen LogP contribution is 2.26. The number of benzene rings is 1. The van der Waals surface area contributed by atoms with Gasteiger partial charge in [0.2, 0.25) is 0 Å². The molecule has 0 bridgehead atoms. The summed E-state index contributed by atoms with van der Waals surface area (Å²) in [4.78, 5) is 0. The molecule has 1 aliphatic rings. The third kappa shape index (κ3) is 5.24. The number of rotatable bonds is 6. The normalized spacial score (nSPS) is 23.8. The maximum Gasteiger partial charge on any atom is 0.147 e. The Labute approximate surface area is 134 Å². The Kier molecular flexibility index (Phi) is 6.45. The fraction of sp³-hybridized carbons (Fsp3) is 0.625. The van der Waals surface area contributed by atoms with Crippen LogP contribution >= 0.6 is 15.9 Å². The highest BCUT2D eigenvalue weighted by Gasteiger charge is 2.19. The van der Waals surface area contributed by atoms with Crippen LogP contribution in [0.2, 0.25) is 0 Å². The fourth-order valence-electron chi connectivity index (χ4n) is 2.59. The predicted molar refractivity (Wildman–Crippen MR) is 86.0 cm³/mol. The van der Waals surface area contributed by atoms with E-state index in [1.165, 1.54) is 18.9 Å². The van der Waals surface area contributed by atoms with Crippen LogP contribution in [0, 0.1) is 11.7 Å². The van der Waals surface area contributed by atoms with E-state index in [9.17, 15) is 9.50 Å². The molecule has 1 aromatic carbocycles. The number of hydrogen-bond acceptors (Lipinski definition) is 3. The topological polar surface area (TPSA) is 41.5 Å². The van der Waals surface area contributed by atoms with Crippen molar-refractivity contribution in [2.45, 2.75) is 44.8 Å². The van der Waals surface area contributed by atoms with Gasteiger partial charge in [-0.1, -0.05) is 13.0 Å². The second kappa shape index (κ2) is 8.11. The van der Waals surface area contributed by atoms with Gasteiger partial charge in [-0.15, -0.1) is 0 Å².